The molecular formula is C18H26N4O7. The number of aliphatic carboxylic acids is 1. The van der Waals surface area contributed by atoms with Gasteiger partial charge in [0.2, 0.25) is 17.7 Å². The zero-order chi connectivity index (χ0) is 22.0. The van der Waals surface area contributed by atoms with Crippen LogP contribution in [0.1, 0.15) is 12.5 Å². The summed E-state index contributed by atoms with van der Waals surface area (Å²) in [5, 5.41) is 34.1. The van der Waals surface area contributed by atoms with Gasteiger partial charge in [0.05, 0.1) is 19.3 Å². The molecule has 1 aromatic carbocycles. The number of benzene rings is 1. The van der Waals surface area contributed by atoms with Crippen LogP contribution in [0.3, 0.4) is 0 Å². The van der Waals surface area contributed by atoms with E-state index in [2.05, 4.69) is 16.0 Å². The summed E-state index contributed by atoms with van der Waals surface area (Å²) in [6.45, 7) is 0.0276. The predicted octanol–water partition coefficient (Wildman–Crippen LogP) is -2.90. The number of nitrogens with two attached hydrogens (primary N) is 1. The summed E-state index contributed by atoms with van der Waals surface area (Å²) in [6, 6.07) is 4.94. The molecule has 3 amide bonds. The molecule has 0 aliphatic heterocycles. The molecule has 8 N–H and O–H groups in total. The zero-order valence-corrected chi connectivity index (χ0v) is 15.9. The number of carboxylic acid groups (broad SMARTS) is 1. The van der Waals surface area contributed by atoms with Crippen molar-refractivity contribution in [3.8, 4) is 0 Å². The van der Waals surface area contributed by atoms with Gasteiger partial charge in [-0.25, -0.2) is 4.79 Å². The van der Waals surface area contributed by atoms with Crippen molar-refractivity contribution in [3.63, 3.8) is 0 Å². The minimum atomic E-state index is -1.53. The molecule has 0 fully saturated rings. The number of carboxylic acids is 1. The van der Waals surface area contributed by atoms with E-state index in [-0.39, 0.29) is 6.42 Å². The van der Waals surface area contributed by atoms with E-state index in [9.17, 15) is 24.3 Å². The molecule has 4 atom stereocenters. The molecule has 0 saturated carbocycles. The Morgan fingerprint density at radius 3 is 2.21 bits per heavy atom. The highest BCUT2D eigenvalue weighted by molar-refractivity contribution is 5.92. The van der Waals surface area contributed by atoms with Crippen LogP contribution in [0.25, 0.3) is 0 Å². The van der Waals surface area contributed by atoms with Crippen molar-refractivity contribution >= 4 is 23.7 Å². The molecule has 160 valence electrons. The number of hydrogen-bond donors (Lipinski definition) is 7. The van der Waals surface area contributed by atoms with Gasteiger partial charge < -0.3 is 37.0 Å². The SMILES string of the molecule is CC(O)C(NC(=O)CNC(=O)C(Cc1ccccc1)NC(=O)C(N)CO)C(=O)O. The van der Waals surface area contributed by atoms with Crippen molar-refractivity contribution in [2.75, 3.05) is 13.2 Å². The third kappa shape index (κ3) is 8.25. The van der Waals surface area contributed by atoms with Gasteiger partial charge in [-0.1, -0.05) is 30.3 Å². The van der Waals surface area contributed by atoms with Gasteiger partial charge in [-0.3, -0.25) is 14.4 Å². The molecule has 0 aliphatic carbocycles. The van der Waals surface area contributed by atoms with Gasteiger partial charge in [-0.2, -0.15) is 0 Å². The van der Waals surface area contributed by atoms with Crippen LogP contribution >= 0.6 is 0 Å². The molecule has 0 aromatic heterocycles. The molecule has 11 nitrogen and oxygen atoms in total. The normalized spacial score (nSPS) is 14.8. The fourth-order valence-electron chi connectivity index (χ4n) is 2.32. The van der Waals surface area contributed by atoms with E-state index in [1.807, 2.05) is 0 Å². The van der Waals surface area contributed by atoms with Crippen molar-refractivity contribution in [3.05, 3.63) is 35.9 Å². The fourth-order valence-corrected chi connectivity index (χ4v) is 2.32. The molecular weight excluding hydrogens is 384 g/mol. The second kappa shape index (κ2) is 11.7. The van der Waals surface area contributed by atoms with Gasteiger partial charge in [0.25, 0.3) is 0 Å². The van der Waals surface area contributed by atoms with Gasteiger partial charge in [0, 0.05) is 6.42 Å². The summed E-state index contributed by atoms with van der Waals surface area (Å²) in [5.41, 5.74) is 6.19. The lowest BCUT2D eigenvalue weighted by Crippen LogP contribution is -2.55. The molecule has 4 unspecified atom stereocenters. The lowest BCUT2D eigenvalue weighted by molar-refractivity contribution is -0.144. The second-order valence-corrected chi connectivity index (χ2v) is 6.38. The summed E-state index contributed by atoms with van der Waals surface area (Å²) in [5.74, 6) is -3.70. The van der Waals surface area contributed by atoms with Crippen LogP contribution in [-0.2, 0) is 25.6 Å². The number of rotatable bonds is 11. The number of carbonyl (C=O) groups is 4. The molecule has 0 saturated heterocycles. The number of nitrogens with one attached hydrogen (secondary N) is 3. The molecule has 0 spiro atoms. The van der Waals surface area contributed by atoms with E-state index in [0.717, 1.165) is 5.56 Å². The molecule has 0 aliphatic rings. The van der Waals surface area contributed by atoms with Crippen LogP contribution in [0.4, 0.5) is 0 Å². The molecule has 1 rings (SSSR count). The highest BCUT2D eigenvalue weighted by Crippen LogP contribution is 2.04. The predicted molar refractivity (Wildman–Crippen MR) is 101 cm³/mol. The third-order valence-electron chi connectivity index (χ3n) is 3.94. The van der Waals surface area contributed by atoms with Gasteiger partial charge in [-0.15, -0.1) is 0 Å². The van der Waals surface area contributed by atoms with E-state index in [1.54, 1.807) is 30.3 Å². The maximum atomic E-state index is 12.5. The Morgan fingerprint density at radius 2 is 1.69 bits per heavy atom. The van der Waals surface area contributed by atoms with E-state index >= 15 is 0 Å². The first-order chi connectivity index (χ1) is 13.6. The summed E-state index contributed by atoms with van der Waals surface area (Å²) >= 11 is 0. The number of amides is 3. The van der Waals surface area contributed by atoms with Gasteiger partial charge >= 0.3 is 5.97 Å². The van der Waals surface area contributed by atoms with Crippen molar-refractivity contribution in [2.45, 2.75) is 37.6 Å². The standard InChI is InChI=1S/C18H26N4O7/c1-10(24)15(18(28)29)22-14(25)8-20-17(27)13(21-16(26)12(19)9-23)7-11-5-3-2-4-6-11/h2-6,10,12-13,15,23-24H,7-9,19H2,1H3,(H,20,27)(H,21,26)(H,22,25)(H,28,29). The van der Waals surface area contributed by atoms with E-state index < -0.39 is 61.1 Å². The summed E-state index contributed by atoms with van der Waals surface area (Å²) < 4.78 is 0. The Labute approximate surface area is 167 Å². The monoisotopic (exact) mass is 410 g/mol. The van der Waals surface area contributed by atoms with E-state index in [0.29, 0.717) is 0 Å². The zero-order valence-electron chi connectivity index (χ0n) is 15.9. The van der Waals surface area contributed by atoms with Crippen molar-refractivity contribution in [1.82, 2.24) is 16.0 Å². The Balaban J connectivity index is 2.76. The van der Waals surface area contributed by atoms with E-state index in [1.165, 1.54) is 6.92 Å². The van der Waals surface area contributed by atoms with Crippen LogP contribution in [0.5, 0.6) is 0 Å². The third-order valence-corrected chi connectivity index (χ3v) is 3.94. The van der Waals surface area contributed by atoms with Gasteiger partial charge in [0.1, 0.15) is 12.1 Å². The minimum Gasteiger partial charge on any atom is -0.480 e. The van der Waals surface area contributed by atoms with Crippen molar-refractivity contribution < 1.29 is 34.5 Å². The minimum absolute atomic E-state index is 0.101. The second-order valence-electron chi connectivity index (χ2n) is 6.38. The van der Waals surface area contributed by atoms with Crippen molar-refractivity contribution in [1.29, 1.82) is 0 Å². The Morgan fingerprint density at radius 1 is 1.07 bits per heavy atom. The molecule has 11 heteroatoms. The maximum Gasteiger partial charge on any atom is 0.328 e. The van der Waals surface area contributed by atoms with Crippen LogP contribution in [0, 0.1) is 0 Å². The molecule has 0 heterocycles. The summed E-state index contributed by atoms with van der Waals surface area (Å²) in [7, 11) is 0. The van der Waals surface area contributed by atoms with Crippen LogP contribution in [0.15, 0.2) is 30.3 Å². The van der Waals surface area contributed by atoms with Crippen LogP contribution in [-0.4, -0.2) is 76.4 Å². The lowest BCUT2D eigenvalue weighted by atomic mass is 10.0. The number of aliphatic hydroxyl groups is 2. The first-order valence-electron chi connectivity index (χ1n) is 8.84. The first-order valence-corrected chi connectivity index (χ1v) is 8.84. The number of aliphatic hydroxyl groups excluding tert-OH is 2. The first kappa shape index (κ1) is 24.0. The molecule has 29 heavy (non-hydrogen) atoms. The van der Waals surface area contributed by atoms with Crippen LogP contribution in [0.2, 0.25) is 0 Å². The average molecular weight is 410 g/mol. The van der Waals surface area contributed by atoms with E-state index in [4.69, 9.17) is 15.9 Å². The fraction of sp³-hybridized carbons (Fsp3) is 0.444. The molecule has 1 aromatic rings. The lowest BCUT2D eigenvalue weighted by Gasteiger charge is -2.21. The smallest absolute Gasteiger partial charge is 0.328 e. The highest BCUT2D eigenvalue weighted by Gasteiger charge is 2.27. The topological polar surface area (TPSA) is 191 Å². The average Bonchev–Trinajstić information content (AvgIpc) is 2.69. The molecule has 0 bridgehead atoms. The van der Waals surface area contributed by atoms with Crippen molar-refractivity contribution in [2.24, 2.45) is 5.73 Å². The quantitative estimate of drug-likeness (QED) is 0.202. The maximum absolute atomic E-state index is 12.5. The summed E-state index contributed by atoms with van der Waals surface area (Å²) in [6.07, 6.45) is -1.24. The van der Waals surface area contributed by atoms with Crippen LogP contribution < -0.4 is 21.7 Å². The Kier molecular flexibility index (Phi) is 9.72. The Bertz CT molecular complexity index is 711. The van der Waals surface area contributed by atoms with Gasteiger partial charge in [-0.05, 0) is 12.5 Å². The molecule has 0 radical (unpaired) electrons. The largest absolute Gasteiger partial charge is 0.480 e. The van der Waals surface area contributed by atoms with Gasteiger partial charge in [0.15, 0.2) is 6.04 Å². The summed E-state index contributed by atoms with van der Waals surface area (Å²) in [4.78, 5) is 47.3. The Hall–Kier alpha value is -3.02. The number of carbonyl (C=O) groups excluding carboxylic acids is 3. The highest BCUT2D eigenvalue weighted by atomic mass is 16.4. The number of hydrogen-bond acceptors (Lipinski definition) is 7.